The van der Waals surface area contributed by atoms with Crippen LogP contribution in [0.5, 0.6) is 0 Å². The van der Waals surface area contributed by atoms with Gasteiger partial charge in [-0.15, -0.1) is 0 Å². The number of carbonyl (C=O) groups is 1. The highest BCUT2D eigenvalue weighted by atomic mass is 16.3. The maximum Gasteiger partial charge on any atom is 0.274 e. The van der Waals surface area contributed by atoms with Crippen LogP contribution >= 0.6 is 0 Å². The molecule has 0 aromatic carbocycles. The lowest BCUT2D eigenvalue weighted by atomic mass is 9.99. The summed E-state index contributed by atoms with van der Waals surface area (Å²) < 4.78 is 0. The summed E-state index contributed by atoms with van der Waals surface area (Å²) in [5.74, 6) is 0.592. The van der Waals surface area contributed by atoms with Crippen LogP contribution in [0.15, 0.2) is 12.4 Å². The van der Waals surface area contributed by atoms with Gasteiger partial charge < -0.3 is 15.3 Å². The third-order valence-corrected chi connectivity index (χ3v) is 4.35. The molecule has 3 rings (SSSR count). The van der Waals surface area contributed by atoms with Crippen LogP contribution in [0.25, 0.3) is 0 Å². The second-order valence-corrected chi connectivity index (χ2v) is 5.94. The van der Waals surface area contributed by atoms with Gasteiger partial charge in [-0.05, 0) is 32.1 Å². The van der Waals surface area contributed by atoms with E-state index in [4.69, 9.17) is 0 Å². The molecule has 1 amide bonds. The Balaban J connectivity index is 1.76. The molecule has 1 aromatic heterocycles. The second kappa shape index (κ2) is 5.97. The smallest absolute Gasteiger partial charge is 0.274 e. The first-order chi connectivity index (χ1) is 10.2. The Bertz CT molecular complexity index is 508. The van der Waals surface area contributed by atoms with Crippen molar-refractivity contribution in [2.75, 3.05) is 11.9 Å². The third kappa shape index (κ3) is 2.85. The Morgan fingerprint density at radius 2 is 2.10 bits per heavy atom. The van der Waals surface area contributed by atoms with Gasteiger partial charge in [0, 0.05) is 18.6 Å². The molecule has 2 fully saturated rings. The molecule has 21 heavy (non-hydrogen) atoms. The molecule has 2 bridgehead atoms. The Morgan fingerprint density at radius 1 is 1.38 bits per heavy atom. The van der Waals surface area contributed by atoms with Crippen LogP contribution in [0.3, 0.4) is 0 Å². The summed E-state index contributed by atoms with van der Waals surface area (Å²) in [6, 6.07) is 0.306. The molecule has 0 spiro atoms. The number of aromatic nitrogens is 2. The molecule has 6 nitrogen and oxygen atoms in total. The molecule has 2 aliphatic heterocycles. The second-order valence-electron chi connectivity index (χ2n) is 5.94. The van der Waals surface area contributed by atoms with Gasteiger partial charge in [0.1, 0.15) is 11.5 Å². The number of anilines is 1. The first kappa shape index (κ1) is 14.3. The van der Waals surface area contributed by atoms with Crippen molar-refractivity contribution >= 4 is 11.7 Å². The van der Waals surface area contributed by atoms with Crippen molar-refractivity contribution in [2.24, 2.45) is 0 Å². The van der Waals surface area contributed by atoms with Gasteiger partial charge in [-0.25, -0.2) is 4.98 Å². The van der Waals surface area contributed by atoms with Crippen molar-refractivity contribution < 1.29 is 9.90 Å². The zero-order chi connectivity index (χ0) is 14.8. The number of piperidine rings is 1. The van der Waals surface area contributed by atoms with Gasteiger partial charge in [0.25, 0.3) is 5.91 Å². The average molecular weight is 290 g/mol. The molecule has 2 aliphatic rings. The summed E-state index contributed by atoms with van der Waals surface area (Å²) in [6.45, 7) is 2.89. The van der Waals surface area contributed by atoms with E-state index in [2.05, 4.69) is 22.2 Å². The van der Waals surface area contributed by atoms with Gasteiger partial charge in [0.2, 0.25) is 0 Å². The summed E-state index contributed by atoms with van der Waals surface area (Å²) in [5.41, 5.74) is 0.393. The SMILES string of the molecule is CCCNc1cncc(C(=O)N2C3CCC2CC(O)C3)n1. The van der Waals surface area contributed by atoms with E-state index in [0.717, 1.165) is 25.8 Å². The molecule has 3 heterocycles. The molecule has 2 saturated heterocycles. The number of aliphatic hydroxyl groups is 1. The number of nitrogens with one attached hydrogen (secondary N) is 1. The molecule has 2 unspecified atom stereocenters. The van der Waals surface area contributed by atoms with Gasteiger partial charge in [-0.3, -0.25) is 9.78 Å². The first-order valence-corrected chi connectivity index (χ1v) is 7.75. The predicted molar refractivity (Wildman–Crippen MR) is 79.0 cm³/mol. The maximum atomic E-state index is 12.7. The fourth-order valence-corrected chi connectivity index (χ4v) is 3.42. The van der Waals surface area contributed by atoms with Crippen LogP contribution in [0.1, 0.15) is 49.5 Å². The van der Waals surface area contributed by atoms with Gasteiger partial charge in [0.15, 0.2) is 0 Å². The minimum absolute atomic E-state index is 0.0537. The highest BCUT2D eigenvalue weighted by Gasteiger charge is 2.43. The number of aliphatic hydroxyl groups excluding tert-OH is 1. The number of fused-ring (bicyclic) bond motifs is 2. The van der Waals surface area contributed by atoms with E-state index in [9.17, 15) is 9.90 Å². The zero-order valence-corrected chi connectivity index (χ0v) is 12.3. The highest BCUT2D eigenvalue weighted by Crippen LogP contribution is 2.36. The van der Waals surface area contributed by atoms with Crippen molar-refractivity contribution in [3.63, 3.8) is 0 Å². The van der Waals surface area contributed by atoms with E-state index in [0.29, 0.717) is 24.4 Å². The molecule has 0 aliphatic carbocycles. The molecule has 6 heteroatoms. The number of hydrogen-bond acceptors (Lipinski definition) is 5. The first-order valence-electron chi connectivity index (χ1n) is 7.75. The number of nitrogens with zero attached hydrogens (tertiary/aromatic N) is 3. The lowest BCUT2D eigenvalue weighted by Crippen LogP contribution is -2.48. The van der Waals surface area contributed by atoms with Crippen LogP contribution < -0.4 is 5.32 Å². The molecule has 2 atom stereocenters. The lowest BCUT2D eigenvalue weighted by molar-refractivity contribution is 0.0282. The maximum absolute atomic E-state index is 12.7. The number of carbonyl (C=O) groups excluding carboxylic acids is 1. The topological polar surface area (TPSA) is 78.4 Å². The monoisotopic (exact) mass is 290 g/mol. The van der Waals surface area contributed by atoms with Gasteiger partial charge in [-0.1, -0.05) is 6.92 Å². The Kier molecular flexibility index (Phi) is 4.05. The predicted octanol–water partition coefficient (Wildman–Crippen LogP) is 1.43. The normalized spacial score (nSPS) is 27.7. The largest absolute Gasteiger partial charge is 0.393 e. The summed E-state index contributed by atoms with van der Waals surface area (Å²) in [4.78, 5) is 23.1. The van der Waals surface area contributed by atoms with E-state index in [-0.39, 0.29) is 24.1 Å². The average Bonchev–Trinajstić information content (AvgIpc) is 2.76. The highest BCUT2D eigenvalue weighted by molar-refractivity contribution is 5.93. The molecule has 2 N–H and O–H groups in total. The summed E-state index contributed by atoms with van der Waals surface area (Å²) in [7, 11) is 0. The molecular formula is C15H22N4O2. The number of hydrogen-bond donors (Lipinski definition) is 2. The van der Waals surface area contributed by atoms with Crippen LogP contribution in [0.4, 0.5) is 5.82 Å². The van der Waals surface area contributed by atoms with E-state index in [1.807, 2.05) is 4.90 Å². The zero-order valence-electron chi connectivity index (χ0n) is 12.3. The lowest BCUT2D eigenvalue weighted by Gasteiger charge is -2.36. The van der Waals surface area contributed by atoms with Crippen molar-refractivity contribution in [3.05, 3.63) is 18.1 Å². The van der Waals surface area contributed by atoms with Crippen LogP contribution in [0, 0.1) is 0 Å². The van der Waals surface area contributed by atoms with E-state index >= 15 is 0 Å². The van der Waals surface area contributed by atoms with Crippen LogP contribution in [-0.4, -0.2) is 50.6 Å². The number of amides is 1. The molecule has 0 saturated carbocycles. The Morgan fingerprint density at radius 3 is 2.76 bits per heavy atom. The molecular weight excluding hydrogens is 268 g/mol. The van der Waals surface area contributed by atoms with E-state index in [1.165, 1.54) is 6.20 Å². The standard InChI is InChI=1S/C15H22N4O2/c1-2-5-17-14-9-16-8-13(18-14)15(21)19-10-3-4-11(19)7-12(20)6-10/h8-12,20H,2-7H2,1H3,(H,17,18). The van der Waals surface area contributed by atoms with Gasteiger partial charge >= 0.3 is 0 Å². The van der Waals surface area contributed by atoms with Gasteiger partial charge in [0.05, 0.1) is 18.5 Å². The van der Waals surface area contributed by atoms with E-state index in [1.54, 1.807) is 6.20 Å². The van der Waals surface area contributed by atoms with E-state index < -0.39 is 0 Å². The minimum atomic E-state index is -0.268. The Hall–Kier alpha value is -1.69. The molecule has 0 radical (unpaired) electrons. The molecule has 1 aromatic rings. The Labute approximate surface area is 124 Å². The van der Waals surface area contributed by atoms with Crippen molar-refractivity contribution in [1.82, 2.24) is 14.9 Å². The number of rotatable bonds is 4. The fraction of sp³-hybridized carbons (Fsp3) is 0.667. The van der Waals surface area contributed by atoms with Gasteiger partial charge in [-0.2, -0.15) is 0 Å². The quantitative estimate of drug-likeness (QED) is 0.877. The third-order valence-electron chi connectivity index (χ3n) is 4.35. The summed E-state index contributed by atoms with van der Waals surface area (Å²) in [5, 5.41) is 13.0. The summed E-state index contributed by atoms with van der Waals surface area (Å²) in [6.07, 6.45) is 7.23. The van der Waals surface area contributed by atoms with Crippen molar-refractivity contribution in [1.29, 1.82) is 0 Å². The van der Waals surface area contributed by atoms with Crippen molar-refractivity contribution in [3.8, 4) is 0 Å². The molecule has 114 valence electrons. The summed E-state index contributed by atoms with van der Waals surface area (Å²) >= 11 is 0. The van der Waals surface area contributed by atoms with Crippen molar-refractivity contribution in [2.45, 2.75) is 57.2 Å². The van der Waals surface area contributed by atoms with Crippen LogP contribution in [0.2, 0.25) is 0 Å². The van der Waals surface area contributed by atoms with Crippen LogP contribution in [-0.2, 0) is 0 Å². The fourth-order valence-electron chi connectivity index (χ4n) is 3.42. The minimum Gasteiger partial charge on any atom is -0.393 e.